The van der Waals surface area contributed by atoms with Gasteiger partial charge in [-0.25, -0.2) is 8.42 Å². The average Bonchev–Trinajstić information content (AvgIpc) is 2.94. The topological polar surface area (TPSA) is 96.0 Å². The second kappa shape index (κ2) is 14.0. The molecule has 0 saturated carbocycles. The average molecular weight is 566 g/mol. The van der Waals surface area contributed by atoms with E-state index in [4.69, 9.17) is 4.74 Å². The van der Waals surface area contributed by atoms with Gasteiger partial charge in [-0.2, -0.15) is 0 Å². The Labute approximate surface area is 238 Å². The second-order valence-electron chi connectivity index (χ2n) is 9.97. The number of methoxy groups -OCH3 is 1. The highest BCUT2D eigenvalue weighted by Crippen LogP contribution is 2.30. The van der Waals surface area contributed by atoms with Crippen LogP contribution in [0.15, 0.2) is 78.9 Å². The van der Waals surface area contributed by atoms with E-state index >= 15 is 0 Å². The SMILES string of the molecule is CC[C@H](C)NC(=O)[C@H](Cc1ccccc1)N(Cc1ccc(C)cc1)C(=O)CN(c1ccccc1OC)S(C)(=O)=O. The zero-order chi connectivity index (χ0) is 29.3. The highest BCUT2D eigenvalue weighted by Gasteiger charge is 2.34. The van der Waals surface area contributed by atoms with Gasteiger partial charge in [0, 0.05) is 19.0 Å². The van der Waals surface area contributed by atoms with Crippen molar-refractivity contribution < 1.29 is 22.7 Å². The number of amides is 2. The van der Waals surface area contributed by atoms with Crippen LogP contribution >= 0.6 is 0 Å². The van der Waals surface area contributed by atoms with Crippen molar-refractivity contribution in [2.75, 3.05) is 24.2 Å². The lowest BCUT2D eigenvalue weighted by Crippen LogP contribution is -2.54. The number of benzene rings is 3. The number of aryl methyl sites for hydroxylation is 1. The number of hydrogen-bond acceptors (Lipinski definition) is 5. The van der Waals surface area contributed by atoms with Gasteiger partial charge in [-0.05, 0) is 43.5 Å². The molecule has 0 heterocycles. The third-order valence-corrected chi connectivity index (χ3v) is 7.91. The lowest BCUT2D eigenvalue weighted by atomic mass is 10.0. The molecule has 3 aromatic rings. The molecule has 3 aromatic carbocycles. The molecule has 3 rings (SSSR count). The molecule has 0 aliphatic heterocycles. The van der Waals surface area contributed by atoms with Crippen LogP contribution in [0.4, 0.5) is 5.69 Å². The van der Waals surface area contributed by atoms with Gasteiger partial charge in [0.25, 0.3) is 0 Å². The van der Waals surface area contributed by atoms with E-state index in [9.17, 15) is 18.0 Å². The van der Waals surface area contributed by atoms with E-state index in [1.807, 2.05) is 75.4 Å². The molecule has 0 aromatic heterocycles. The highest BCUT2D eigenvalue weighted by atomic mass is 32.2. The van der Waals surface area contributed by atoms with Gasteiger partial charge in [0.1, 0.15) is 18.3 Å². The maximum absolute atomic E-state index is 14.1. The van der Waals surface area contributed by atoms with E-state index in [0.29, 0.717) is 5.75 Å². The number of carbonyl (C=O) groups is 2. The van der Waals surface area contributed by atoms with Crippen LogP contribution in [0.3, 0.4) is 0 Å². The van der Waals surface area contributed by atoms with Crippen LogP contribution in [0.1, 0.15) is 37.0 Å². The summed E-state index contributed by atoms with van der Waals surface area (Å²) < 4.78 is 32.3. The molecule has 0 bridgehead atoms. The summed E-state index contributed by atoms with van der Waals surface area (Å²) in [5.41, 5.74) is 3.03. The molecule has 8 nitrogen and oxygen atoms in total. The van der Waals surface area contributed by atoms with Gasteiger partial charge in [-0.1, -0.05) is 79.2 Å². The van der Waals surface area contributed by atoms with Gasteiger partial charge in [-0.3, -0.25) is 13.9 Å². The lowest BCUT2D eigenvalue weighted by Gasteiger charge is -2.34. The van der Waals surface area contributed by atoms with Gasteiger partial charge >= 0.3 is 0 Å². The summed E-state index contributed by atoms with van der Waals surface area (Å²) in [6.07, 6.45) is 2.05. The summed E-state index contributed by atoms with van der Waals surface area (Å²) in [6.45, 7) is 5.50. The number of hydrogen-bond donors (Lipinski definition) is 1. The van der Waals surface area contributed by atoms with E-state index in [1.165, 1.54) is 12.0 Å². The molecule has 2 atom stereocenters. The Morgan fingerprint density at radius 1 is 0.925 bits per heavy atom. The quantitative estimate of drug-likeness (QED) is 0.333. The van der Waals surface area contributed by atoms with Crippen LogP contribution in [0.25, 0.3) is 0 Å². The summed E-state index contributed by atoms with van der Waals surface area (Å²) in [7, 11) is -2.44. The molecule has 0 aliphatic carbocycles. The molecular weight excluding hydrogens is 526 g/mol. The maximum atomic E-state index is 14.1. The fourth-order valence-corrected chi connectivity index (χ4v) is 5.17. The Balaban J connectivity index is 2.07. The molecule has 0 saturated heterocycles. The van der Waals surface area contributed by atoms with Gasteiger partial charge in [0.05, 0.1) is 19.1 Å². The van der Waals surface area contributed by atoms with Crippen molar-refractivity contribution in [1.29, 1.82) is 0 Å². The first-order valence-corrected chi connectivity index (χ1v) is 15.2. The molecule has 0 fully saturated rings. The van der Waals surface area contributed by atoms with Crippen LogP contribution in [-0.2, 0) is 32.6 Å². The van der Waals surface area contributed by atoms with Gasteiger partial charge in [0.2, 0.25) is 21.8 Å². The van der Waals surface area contributed by atoms with Crippen LogP contribution in [0, 0.1) is 6.92 Å². The molecule has 0 radical (unpaired) electrons. The van der Waals surface area contributed by atoms with Crippen LogP contribution < -0.4 is 14.4 Å². The molecule has 214 valence electrons. The number of nitrogens with one attached hydrogen (secondary N) is 1. The second-order valence-corrected chi connectivity index (χ2v) is 11.9. The van der Waals surface area contributed by atoms with Crippen molar-refractivity contribution in [3.05, 3.63) is 95.6 Å². The minimum absolute atomic E-state index is 0.0943. The van der Waals surface area contributed by atoms with Crippen LogP contribution in [0.5, 0.6) is 5.75 Å². The summed E-state index contributed by atoms with van der Waals surface area (Å²) in [6, 6.07) is 22.9. The first-order chi connectivity index (χ1) is 19.0. The highest BCUT2D eigenvalue weighted by molar-refractivity contribution is 7.92. The van der Waals surface area contributed by atoms with Gasteiger partial charge in [-0.15, -0.1) is 0 Å². The fraction of sp³-hybridized carbons (Fsp3) is 0.355. The molecule has 2 amide bonds. The minimum atomic E-state index is -3.88. The van der Waals surface area contributed by atoms with E-state index in [0.717, 1.165) is 33.7 Å². The number of anilines is 1. The number of ether oxygens (including phenoxy) is 1. The summed E-state index contributed by atoms with van der Waals surface area (Å²) >= 11 is 0. The number of rotatable bonds is 13. The number of sulfonamides is 1. The molecule has 0 aliphatic rings. The minimum Gasteiger partial charge on any atom is -0.495 e. The van der Waals surface area contributed by atoms with Crippen LogP contribution in [0.2, 0.25) is 0 Å². The molecule has 9 heteroatoms. The maximum Gasteiger partial charge on any atom is 0.244 e. The Morgan fingerprint density at radius 2 is 1.55 bits per heavy atom. The smallest absolute Gasteiger partial charge is 0.244 e. The zero-order valence-electron chi connectivity index (χ0n) is 23.8. The predicted molar refractivity (Wildman–Crippen MR) is 159 cm³/mol. The third kappa shape index (κ3) is 8.32. The monoisotopic (exact) mass is 565 g/mol. The number of para-hydroxylation sites is 2. The van der Waals surface area contributed by atoms with E-state index in [-0.39, 0.29) is 30.6 Å². The van der Waals surface area contributed by atoms with E-state index in [1.54, 1.807) is 24.3 Å². The Kier molecular flexibility index (Phi) is 10.7. The lowest BCUT2D eigenvalue weighted by molar-refractivity contribution is -0.140. The van der Waals surface area contributed by atoms with Crippen molar-refractivity contribution in [3.63, 3.8) is 0 Å². The van der Waals surface area contributed by atoms with Gasteiger partial charge < -0.3 is 15.0 Å². The van der Waals surface area contributed by atoms with Crippen molar-refractivity contribution in [3.8, 4) is 5.75 Å². The van der Waals surface area contributed by atoms with Crippen LogP contribution in [-0.4, -0.2) is 57.1 Å². The Bertz CT molecular complexity index is 1380. The summed E-state index contributed by atoms with van der Waals surface area (Å²) in [5, 5.41) is 3.03. The number of nitrogens with zero attached hydrogens (tertiary/aromatic N) is 2. The summed E-state index contributed by atoms with van der Waals surface area (Å²) in [4.78, 5) is 29.3. The van der Waals surface area contributed by atoms with Crippen molar-refractivity contribution in [2.24, 2.45) is 0 Å². The first kappa shape index (κ1) is 30.7. The number of carbonyl (C=O) groups excluding carboxylic acids is 2. The molecule has 0 spiro atoms. The first-order valence-electron chi connectivity index (χ1n) is 13.3. The van der Waals surface area contributed by atoms with E-state index in [2.05, 4.69) is 5.32 Å². The third-order valence-electron chi connectivity index (χ3n) is 6.78. The normalized spacial score (nSPS) is 12.7. The predicted octanol–water partition coefficient (Wildman–Crippen LogP) is 4.32. The van der Waals surface area contributed by atoms with E-state index < -0.39 is 28.5 Å². The largest absolute Gasteiger partial charge is 0.495 e. The molecule has 1 N–H and O–H groups in total. The van der Waals surface area contributed by atoms with Crippen molar-refractivity contribution in [1.82, 2.24) is 10.2 Å². The standard InChI is InChI=1S/C31H39N3O5S/c1-6-24(3)32-31(36)28(20-25-12-8-7-9-13-25)33(21-26-18-16-23(2)17-19-26)30(35)22-34(40(5,37)38)27-14-10-11-15-29(27)39-4/h7-19,24,28H,6,20-22H2,1-5H3,(H,32,36)/t24-,28-/m0/s1. The molecule has 0 unspecified atom stereocenters. The molecule has 40 heavy (non-hydrogen) atoms. The zero-order valence-corrected chi connectivity index (χ0v) is 24.6. The Morgan fingerprint density at radius 3 is 2.15 bits per heavy atom. The Hall–Kier alpha value is -3.85. The molecular formula is C31H39N3O5S. The summed E-state index contributed by atoms with van der Waals surface area (Å²) in [5.74, 6) is -0.472. The van der Waals surface area contributed by atoms with Crippen molar-refractivity contribution >= 4 is 27.5 Å². The van der Waals surface area contributed by atoms with Gasteiger partial charge in [0.15, 0.2) is 0 Å². The van der Waals surface area contributed by atoms with Crippen molar-refractivity contribution in [2.45, 2.75) is 52.2 Å². The fourth-order valence-electron chi connectivity index (χ4n) is 4.32.